The molecular formula is C18H26O3. The Morgan fingerprint density at radius 1 is 1.00 bits per heavy atom. The first-order chi connectivity index (χ1) is 10.1. The maximum atomic E-state index is 11.4. The first kappa shape index (κ1) is 17.3. The van der Waals surface area contributed by atoms with Gasteiger partial charge in [0.2, 0.25) is 0 Å². The first-order valence-electron chi connectivity index (χ1n) is 7.74. The highest BCUT2D eigenvalue weighted by atomic mass is 16.5. The fraction of sp³-hybridized carbons (Fsp3) is 0.500. The fourth-order valence-corrected chi connectivity index (χ4v) is 1.87. The normalized spacial score (nSPS) is 10.2. The van der Waals surface area contributed by atoms with Crippen molar-refractivity contribution in [2.24, 2.45) is 0 Å². The third-order valence-corrected chi connectivity index (χ3v) is 3.15. The molecule has 0 radical (unpaired) electrons. The molecule has 3 heteroatoms. The molecule has 0 saturated carbocycles. The number of carbonyl (C=O) groups is 1. The molecular weight excluding hydrogens is 264 g/mol. The molecule has 1 aromatic rings. The van der Waals surface area contributed by atoms with E-state index in [2.05, 4.69) is 13.5 Å². The Kier molecular flexibility index (Phi) is 8.25. The van der Waals surface area contributed by atoms with Gasteiger partial charge in [-0.05, 0) is 37.6 Å². The summed E-state index contributed by atoms with van der Waals surface area (Å²) < 4.78 is 10.8. The van der Waals surface area contributed by atoms with Gasteiger partial charge < -0.3 is 9.47 Å². The van der Waals surface area contributed by atoms with Crippen LogP contribution in [0.3, 0.4) is 0 Å². The number of ether oxygens (including phenoxy) is 2. The molecule has 0 aromatic heterocycles. The predicted octanol–water partition coefficient (Wildman–Crippen LogP) is 4.91. The molecule has 0 amide bonds. The summed E-state index contributed by atoms with van der Waals surface area (Å²) >= 11 is 0. The quantitative estimate of drug-likeness (QED) is 0.266. The van der Waals surface area contributed by atoms with Crippen LogP contribution >= 0.6 is 0 Å². The van der Waals surface area contributed by atoms with E-state index in [0.717, 1.165) is 18.8 Å². The van der Waals surface area contributed by atoms with Gasteiger partial charge in [0.25, 0.3) is 0 Å². The van der Waals surface area contributed by atoms with Crippen molar-refractivity contribution in [1.82, 2.24) is 0 Å². The van der Waals surface area contributed by atoms with Crippen molar-refractivity contribution in [3.05, 3.63) is 36.4 Å². The summed E-state index contributed by atoms with van der Waals surface area (Å²) in [6, 6.07) is 7.10. The lowest BCUT2D eigenvalue weighted by Gasteiger charge is -2.07. The molecule has 0 fully saturated rings. The molecule has 116 valence electrons. The van der Waals surface area contributed by atoms with Gasteiger partial charge in [0.15, 0.2) is 0 Å². The van der Waals surface area contributed by atoms with E-state index in [0.29, 0.717) is 11.3 Å². The third kappa shape index (κ3) is 7.54. The van der Waals surface area contributed by atoms with Crippen LogP contribution in [0.2, 0.25) is 0 Å². The highest BCUT2D eigenvalue weighted by molar-refractivity contribution is 5.88. The second kappa shape index (κ2) is 10.0. The second-order valence-electron chi connectivity index (χ2n) is 5.26. The van der Waals surface area contributed by atoms with E-state index in [9.17, 15) is 4.79 Å². The zero-order chi connectivity index (χ0) is 15.5. The van der Waals surface area contributed by atoms with Crippen LogP contribution in [0.4, 0.5) is 0 Å². The molecule has 0 atom stereocenters. The van der Waals surface area contributed by atoms with Crippen molar-refractivity contribution >= 4 is 5.97 Å². The molecule has 0 N–H and O–H groups in total. The Hall–Kier alpha value is -1.77. The van der Waals surface area contributed by atoms with E-state index in [1.165, 1.54) is 32.1 Å². The Balaban J connectivity index is 2.22. The molecule has 1 rings (SSSR count). The van der Waals surface area contributed by atoms with Crippen molar-refractivity contribution in [2.75, 3.05) is 6.61 Å². The van der Waals surface area contributed by atoms with E-state index >= 15 is 0 Å². The maximum absolute atomic E-state index is 11.4. The monoisotopic (exact) mass is 290 g/mol. The topological polar surface area (TPSA) is 35.5 Å². The van der Waals surface area contributed by atoms with Crippen LogP contribution < -0.4 is 9.47 Å². The zero-order valence-corrected chi connectivity index (χ0v) is 13.2. The smallest absolute Gasteiger partial charge is 0.338 e. The molecule has 0 spiro atoms. The van der Waals surface area contributed by atoms with E-state index in [-0.39, 0.29) is 0 Å². The van der Waals surface area contributed by atoms with E-state index < -0.39 is 5.97 Å². The summed E-state index contributed by atoms with van der Waals surface area (Å²) in [6.45, 7) is 8.13. The van der Waals surface area contributed by atoms with Crippen molar-refractivity contribution in [3.8, 4) is 11.5 Å². The number of hydrogen-bond donors (Lipinski definition) is 0. The lowest BCUT2D eigenvalue weighted by molar-refractivity contribution is -0.130. The largest absolute Gasteiger partial charge is 0.494 e. The van der Waals surface area contributed by atoms with Gasteiger partial charge >= 0.3 is 5.97 Å². The van der Waals surface area contributed by atoms with Gasteiger partial charge in [0.1, 0.15) is 11.5 Å². The van der Waals surface area contributed by atoms with E-state index in [4.69, 9.17) is 9.47 Å². The van der Waals surface area contributed by atoms with Crippen LogP contribution in [-0.4, -0.2) is 12.6 Å². The molecule has 0 unspecified atom stereocenters. The van der Waals surface area contributed by atoms with Gasteiger partial charge in [-0.1, -0.05) is 45.6 Å². The summed E-state index contributed by atoms with van der Waals surface area (Å²) in [5.74, 6) is 0.907. The number of rotatable bonds is 10. The minimum Gasteiger partial charge on any atom is -0.494 e. The average Bonchev–Trinajstić information content (AvgIpc) is 2.48. The Morgan fingerprint density at radius 2 is 1.57 bits per heavy atom. The number of hydrogen-bond acceptors (Lipinski definition) is 3. The SMILES string of the molecule is C=C(C)C(=O)Oc1ccc(OCCCCCCCC)cc1. The average molecular weight is 290 g/mol. The lowest BCUT2D eigenvalue weighted by Crippen LogP contribution is -2.08. The third-order valence-electron chi connectivity index (χ3n) is 3.15. The lowest BCUT2D eigenvalue weighted by atomic mass is 10.1. The van der Waals surface area contributed by atoms with E-state index in [1.807, 2.05) is 12.1 Å². The summed E-state index contributed by atoms with van der Waals surface area (Å²) in [7, 11) is 0. The predicted molar refractivity (Wildman–Crippen MR) is 85.8 cm³/mol. The van der Waals surface area contributed by atoms with Gasteiger partial charge in [0, 0.05) is 5.57 Å². The van der Waals surface area contributed by atoms with Gasteiger partial charge in [-0.25, -0.2) is 4.79 Å². The molecule has 0 aliphatic rings. The molecule has 21 heavy (non-hydrogen) atoms. The standard InChI is InChI=1S/C18H26O3/c1-4-5-6-7-8-9-14-20-16-10-12-17(13-11-16)21-18(19)15(2)3/h10-13H,2,4-9,14H2,1,3H3. The number of carbonyl (C=O) groups excluding carboxylic acids is 1. The van der Waals surface area contributed by atoms with Crippen LogP contribution in [0.5, 0.6) is 11.5 Å². The minimum absolute atomic E-state index is 0.387. The summed E-state index contributed by atoms with van der Waals surface area (Å²) in [5.41, 5.74) is 0.387. The van der Waals surface area contributed by atoms with Crippen LogP contribution in [0.15, 0.2) is 36.4 Å². The van der Waals surface area contributed by atoms with Gasteiger partial charge in [-0.2, -0.15) is 0 Å². The Bertz CT molecular complexity index is 434. The zero-order valence-electron chi connectivity index (χ0n) is 13.2. The summed E-state index contributed by atoms with van der Waals surface area (Å²) in [5, 5.41) is 0. The summed E-state index contributed by atoms with van der Waals surface area (Å²) in [6.07, 6.45) is 7.50. The second-order valence-corrected chi connectivity index (χ2v) is 5.26. The molecule has 0 bridgehead atoms. The highest BCUT2D eigenvalue weighted by Gasteiger charge is 2.05. The number of unbranched alkanes of at least 4 members (excludes halogenated alkanes) is 5. The van der Waals surface area contributed by atoms with Gasteiger partial charge in [-0.3, -0.25) is 0 Å². The Morgan fingerprint density at radius 3 is 2.19 bits per heavy atom. The highest BCUT2D eigenvalue weighted by Crippen LogP contribution is 2.18. The number of benzene rings is 1. The van der Waals surface area contributed by atoms with Gasteiger partial charge in [0.05, 0.1) is 6.61 Å². The van der Waals surface area contributed by atoms with Gasteiger partial charge in [-0.15, -0.1) is 0 Å². The van der Waals surface area contributed by atoms with Crippen molar-refractivity contribution in [2.45, 2.75) is 52.4 Å². The van der Waals surface area contributed by atoms with Crippen LogP contribution in [0, 0.1) is 0 Å². The molecule has 0 aliphatic heterocycles. The molecule has 3 nitrogen and oxygen atoms in total. The molecule has 0 aliphatic carbocycles. The molecule has 0 saturated heterocycles. The Labute approximate surface area is 128 Å². The fourth-order valence-electron chi connectivity index (χ4n) is 1.87. The first-order valence-corrected chi connectivity index (χ1v) is 7.74. The minimum atomic E-state index is -0.407. The molecule has 0 heterocycles. The summed E-state index contributed by atoms with van der Waals surface area (Å²) in [4.78, 5) is 11.4. The maximum Gasteiger partial charge on any atom is 0.338 e. The van der Waals surface area contributed by atoms with Crippen LogP contribution in [0.1, 0.15) is 52.4 Å². The van der Waals surface area contributed by atoms with Crippen molar-refractivity contribution in [1.29, 1.82) is 0 Å². The number of esters is 1. The molecule has 1 aromatic carbocycles. The van der Waals surface area contributed by atoms with Crippen LogP contribution in [0.25, 0.3) is 0 Å². The van der Waals surface area contributed by atoms with Crippen molar-refractivity contribution in [3.63, 3.8) is 0 Å². The van der Waals surface area contributed by atoms with E-state index in [1.54, 1.807) is 19.1 Å². The van der Waals surface area contributed by atoms with Crippen molar-refractivity contribution < 1.29 is 14.3 Å². The van der Waals surface area contributed by atoms with Crippen LogP contribution in [-0.2, 0) is 4.79 Å².